The van der Waals surface area contributed by atoms with Gasteiger partial charge in [-0.05, 0) is 49.4 Å². The second-order valence-corrected chi connectivity index (χ2v) is 7.62. The molecule has 1 atom stereocenters. The minimum absolute atomic E-state index is 0.158. The number of carbonyl (C=O) groups is 1. The Bertz CT molecular complexity index is 748. The summed E-state index contributed by atoms with van der Waals surface area (Å²) in [6.45, 7) is 8.49. The number of amides is 1. The number of fused-ring (bicyclic) bond motifs is 2. The van der Waals surface area contributed by atoms with Gasteiger partial charge in [-0.1, -0.05) is 26.0 Å². The van der Waals surface area contributed by atoms with Gasteiger partial charge in [-0.2, -0.15) is 0 Å². The van der Waals surface area contributed by atoms with Crippen molar-refractivity contribution in [1.82, 2.24) is 14.8 Å². The molecule has 2 aromatic rings. The smallest absolute Gasteiger partial charge is 0.270 e. The predicted octanol–water partition coefficient (Wildman–Crippen LogP) is 3.60. The number of H-pyrrole nitrogens is 1. The summed E-state index contributed by atoms with van der Waals surface area (Å²) in [5, 5.41) is 1.13. The summed E-state index contributed by atoms with van der Waals surface area (Å²) in [6, 6.07) is 9.04. The van der Waals surface area contributed by atoms with Crippen molar-refractivity contribution in [1.29, 1.82) is 0 Å². The van der Waals surface area contributed by atoms with Crippen LogP contribution in [0.25, 0.3) is 10.9 Å². The predicted molar refractivity (Wildman–Crippen MR) is 97.5 cm³/mol. The molecule has 1 aromatic carbocycles. The van der Waals surface area contributed by atoms with Gasteiger partial charge in [-0.25, -0.2) is 0 Å². The van der Waals surface area contributed by atoms with Crippen LogP contribution in [0.3, 0.4) is 0 Å². The van der Waals surface area contributed by atoms with Gasteiger partial charge in [0.1, 0.15) is 5.69 Å². The van der Waals surface area contributed by atoms with Gasteiger partial charge in [-0.15, -0.1) is 0 Å². The normalized spacial score (nSPS) is 22.1. The van der Waals surface area contributed by atoms with Crippen LogP contribution in [0.15, 0.2) is 24.3 Å². The second-order valence-electron chi connectivity index (χ2n) is 7.62. The summed E-state index contributed by atoms with van der Waals surface area (Å²) in [5.41, 5.74) is 3.11. The molecule has 1 amide bonds. The van der Waals surface area contributed by atoms with Crippen molar-refractivity contribution in [3.63, 3.8) is 0 Å². The Morgan fingerprint density at radius 1 is 1.17 bits per heavy atom. The highest BCUT2D eigenvalue weighted by Crippen LogP contribution is 2.25. The van der Waals surface area contributed by atoms with E-state index in [1.54, 1.807) is 0 Å². The summed E-state index contributed by atoms with van der Waals surface area (Å²) in [5.74, 6) is 0.654. The Kier molecular flexibility index (Phi) is 4.09. The van der Waals surface area contributed by atoms with E-state index in [-0.39, 0.29) is 5.91 Å². The van der Waals surface area contributed by atoms with Crippen LogP contribution in [0, 0.1) is 0 Å². The minimum atomic E-state index is 0.158. The lowest BCUT2D eigenvalue weighted by molar-refractivity contribution is 0.0738. The highest BCUT2D eigenvalue weighted by Gasteiger charge is 2.31. The molecule has 4 rings (SSSR count). The largest absolute Gasteiger partial charge is 0.351 e. The number of nitrogens with zero attached hydrogens (tertiary/aromatic N) is 2. The molecule has 2 fully saturated rings. The number of benzene rings is 1. The van der Waals surface area contributed by atoms with E-state index in [4.69, 9.17) is 0 Å². The molecule has 128 valence electrons. The van der Waals surface area contributed by atoms with E-state index in [9.17, 15) is 4.79 Å². The molecule has 0 spiro atoms. The molecule has 0 bridgehead atoms. The fraction of sp³-hybridized carbons (Fsp3) is 0.550. The Labute approximate surface area is 143 Å². The first-order valence-corrected chi connectivity index (χ1v) is 9.28. The van der Waals surface area contributed by atoms with E-state index in [1.165, 1.54) is 24.9 Å². The first-order chi connectivity index (χ1) is 11.6. The van der Waals surface area contributed by atoms with E-state index in [0.29, 0.717) is 12.0 Å². The van der Waals surface area contributed by atoms with Crippen LogP contribution < -0.4 is 0 Å². The van der Waals surface area contributed by atoms with Gasteiger partial charge in [0.15, 0.2) is 0 Å². The maximum absolute atomic E-state index is 13.0. The lowest BCUT2D eigenvalue weighted by Gasteiger charge is -2.25. The van der Waals surface area contributed by atoms with Crippen molar-refractivity contribution in [2.24, 2.45) is 0 Å². The van der Waals surface area contributed by atoms with Gasteiger partial charge >= 0.3 is 0 Å². The maximum Gasteiger partial charge on any atom is 0.270 e. The molecule has 2 aliphatic rings. The van der Waals surface area contributed by atoms with E-state index >= 15 is 0 Å². The van der Waals surface area contributed by atoms with Crippen molar-refractivity contribution >= 4 is 16.8 Å². The Morgan fingerprint density at radius 3 is 2.83 bits per heavy atom. The average Bonchev–Trinajstić information content (AvgIpc) is 3.14. The molecule has 0 unspecified atom stereocenters. The summed E-state index contributed by atoms with van der Waals surface area (Å²) in [7, 11) is 0. The third-order valence-corrected chi connectivity index (χ3v) is 5.63. The average molecular weight is 325 g/mol. The molecular weight excluding hydrogens is 298 g/mol. The number of aromatic amines is 1. The summed E-state index contributed by atoms with van der Waals surface area (Å²) < 4.78 is 0. The lowest BCUT2D eigenvalue weighted by Crippen LogP contribution is -2.39. The van der Waals surface area contributed by atoms with Crippen molar-refractivity contribution in [3.8, 4) is 0 Å². The monoisotopic (exact) mass is 325 g/mol. The van der Waals surface area contributed by atoms with Crippen LogP contribution in [-0.4, -0.2) is 52.9 Å². The fourth-order valence-corrected chi connectivity index (χ4v) is 4.18. The molecule has 0 saturated carbocycles. The molecular formula is C20H27N3O. The Hall–Kier alpha value is -1.81. The number of carbonyl (C=O) groups excluding carboxylic acids is 1. The number of hydrogen-bond donors (Lipinski definition) is 1. The standard InChI is InChI=1S/C20H27N3O/c1-14(2)15-6-7-16-12-19(21-18(16)11-15)20(24)23-10-4-9-22-8-3-5-17(22)13-23/h6-7,11-12,14,17,21H,3-5,8-10,13H2,1-2H3/t17-/m0/s1. The van der Waals surface area contributed by atoms with Crippen LogP contribution in [-0.2, 0) is 0 Å². The summed E-state index contributed by atoms with van der Waals surface area (Å²) in [6.07, 6.45) is 3.59. The molecule has 0 aliphatic carbocycles. The van der Waals surface area contributed by atoms with Crippen LogP contribution in [0.1, 0.15) is 55.1 Å². The maximum atomic E-state index is 13.0. The minimum Gasteiger partial charge on any atom is -0.351 e. The highest BCUT2D eigenvalue weighted by atomic mass is 16.2. The van der Waals surface area contributed by atoms with Crippen molar-refractivity contribution < 1.29 is 4.79 Å². The highest BCUT2D eigenvalue weighted by molar-refractivity contribution is 5.98. The fourth-order valence-electron chi connectivity index (χ4n) is 4.18. The van der Waals surface area contributed by atoms with Gasteiger partial charge < -0.3 is 9.88 Å². The van der Waals surface area contributed by atoms with Crippen molar-refractivity contribution in [2.45, 2.75) is 45.1 Å². The quantitative estimate of drug-likeness (QED) is 0.916. The molecule has 24 heavy (non-hydrogen) atoms. The van der Waals surface area contributed by atoms with E-state index in [2.05, 4.69) is 46.8 Å². The van der Waals surface area contributed by atoms with Gasteiger partial charge in [0.2, 0.25) is 0 Å². The summed E-state index contributed by atoms with van der Waals surface area (Å²) >= 11 is 0. The molecule has 3 heterocycles. The Morgan fingerprint density at radius 2 is 2.00 bits per heavy atom. The van der Waals surface area contributed by atoms with E-state index < -0.39 is 0 Å². The van der Waals surface area contributed by atoms with E-state index in [1.807, 2.05) is 6.07 Å². The van der Waals surface area contributed by atoms with Crippen LogP contribution in [0.2, 0.25) is 0 Å². The molecule has 0 radical (unpaired) electrons. The first kappa shape index (κ1) is 15.7. The number of nitrogens with one attached hydrogen (secondary N) is 1. The number of hydrogen-bond acceptors (Lipinski definition) is 2. The molecule has 4 nitrogen and oxygen atoms in total. The van der Waals surface area contributed by atoms with Crippen LogP contribution >= 0.6 is 0 Å². The molecule has 1 N–H and O–H groups in total. The van der Waals surface area contributed by atoms with E-state index in [0.717, 1.165) is 42.7 Å². The molecule has 1 aromatic heterocycles. The third-order valence-electron chi connectivity index (χ3n) is 5.63. The number of aromatic nitrogens is 1. The Balaban J connectivity index is 1.58. The molecule has 2 saturated heterocycles. The SMILES string of the molecule is CC(C)c1ccc2cc(C(=O)N3CCCN4CCC[C@H]4C3)[nH]c2c1. The van der Waals surface area contributed by atoms with Gasteiger partial charge in [0, 0.05) is 36.6 Å². The number of rotatable bonds is 2. The third kappa shape index (κ3) is 2.84. The molecule has 2 aliphatic heterocycles. The van der Waals surface area contributed by atoms with Gasteiger partial charge in [-0.3, -0.25) is 9.69 Å². The van der Waals surface area contributed by atoms with Crippen molar-refractivity contribution in [3.05, 3.63) is 35.5 Å². The van der Waals surface area contributed by atoms with Gasteiger partial charge in [0.25, 0.3) is 5.91 Å². The summed E-state index contributed by atoms with van der Waals surface area (Å²) in [4.78, 5) is 21.0. The van der Waals surface area contributed by atoms with Crippen molar-refractivity contribution in [2.75, 3.05) is 26.2 Å². The second kappa shape index (κ2) is 6.25. The molecule has 4 heteroatoms. The van der Waals surface area contributed by atoms with Crippen LogP contribution in [0.5, 0.6) is 0 Å². The van der Waals surface area contributed by atoms with Gasteiger partial charge in [0.05, 0.1) is 0 Å². The zero-order chi connectivity index (χ0) is 16.7. The zero-order valence-electron chi connectivity index (χ0n) is 14.7. The topological polar surface area (TPSA) is 39.3 Å². The van der Waals surface area contributed by atoms with Crippen LogP contribution in [0.4, 0.5) is 0 Å². The zero-order valence-corrected chi connectivity index (χ0v) is 14.7. The lowest BCUT2D eigenvalue weighted by atomic mass is 10.0. The first-order valence-electron chi connectivity index (χ1n) is 9.28.